The lowest BCUT2D eigenvalue weighted by Gasteiger charge is -2.06. The molecule has 1 aromatic carbocycles. The van der Waals surface area contributed by atoms with Crippen molar-refractivity contribution in [2.24, 2.45) is 0 Å². The van der Waals surface area contributed by atoms with Crippen LogP contribution in [0.3, 0.4) is 0 Å². The minimum atomic E-state index is -0.885. The third kappa shape index (κ3) is 8.15. The number of carboxylic acids is 1. The molecular formula is C15H24ClNO3. The van der Waals surface area contributed by atoms with Crippen molar-refractivity contribution in [2.75, 3.05) is 19.8 Å². The van der Waals surface area contributed by atoms with Crippen molar-refractivity contribution in [2.45, 2.75) is 32.7 Å². The van der Waals surface area contributed by atoms with Gasteiger partial charge in [-0.2, -0.15) is 0 Å². The van der Waals surface area contributed by atoms with Crippen LogP contribution in [-0.4, -0.2) is 30.8 Å². The van der Waals surface area contributed by atoms with E-state index in [0.29, 0.717) is 5.56 Å². The van der Waals surface area contributed by atoms with Gasteiger partial charge in [0.25, 0.3) is 0 Å². The van der Waals surface area contributed by atoms with E-state index >= 15 is 0 Å². The Morgan fingerprint density at radius 3 is 2.45 bits per heavy atom. The van der Waals surface area contributed by atoms with Gasteiger partial charge in [0.2, 0.25) is 0 Å². The van der Waals surface area contributed by atoms with E-state index in [1.807, 2.05) is 12.1 Å². The van der Waals surface area contributed by atoms with Crippen LogP contribution in [0.4, 0.5) is 0 Å². The van der Waals surface area contributed by atoms with E-state index < -0.39 is 5.97 Å². The van der Waals surface area contributed by atoms with Crippen LogP contribution >= 0.6 is 12.4 Å². The zero-order valence-electron chi connectivity index (χ0n) is 11.9. The van der Waals surface area contributed by atoms with Crippen molar-refractivity contribution in [3.05, 3.63) is 35.4 Å². The monoisotopic (exact) mass is 301 g/mol. The highest BCUT2D eigenvalue weighted by atomic mass is 35.5. The molecule has 0 fully saturated rings. The molecule has 0 aliphatic heterocycles. The Hall–Kier alpha value is -1.10. The number of unbranched alkanes of at least 4 members (excludes halogenated alkanes) is 1. The predicted octanol–water partition coefficient (Wildman–Crippen LogP) is 3.10. The number of aromatic carboxylic acids is 1. The number of carbonyl (C=O) groups is 1. The number of carboxylic acid groups (broad SMARTS) is 1. The number of hydrogen-bond acceptors (Lipinski definition) is 3. The predicted molar refractivity (Wildman–Crippen MR) is 82.7 cm³/mol. The van der Waals surface area contributed by atoms with Gasteiger partial charge in [-0.15, -0.1) is 12.4 Å². The number of ether oxygens (including phenoxy) is 1. The molecule has 0 atom stereocenters. The maximum atomic E-state index is 10.7. The molecule has 0 aromatic heterocycles. The SMILES string of the molecule is CCCCOCCCNCc1ccc(C(=O)O)cc1.Cl. The molecule has 1 rings (SSSR count). The van der Waals surface area contributed by atoms with E-state index in [1.54, 1.807) is 12.1 Å². The molecule has 4 nitrogen and oxygen atoms in total. The van der Waals surface area contributed by atoms with Crippen LogP contribution in [0.25, 0.3) is 0 Å². The second-order valence-corrected chi connectivity index (χ2v) is 4.50. The normalized spacial score (nSPS) is 10.1. The lowest BCUT2D eigenvalue weighted by molar-refractivity contribution is 0.0697. The summed E-state index contributed by atoms with van der Waals surface area (Å²) >= 11 is 0. The van der Waals surface area contributed by atoms with E-state index in [4.69, 9.17) is 9.84 Å². The molecule has 0 saturated heterocycles. The summed E-state index contributed by atoms with van der Waals surface area (Å²) in [5.74, 6) is -0.885. The molecule has 2 N–H and O–H groups in total. The Bertz CT molecular complexity index is 368. The van der Waals surface area contributed by atoms with Crippen molar-refractivity contribution in [1.29, 1.82) is 0 Å². The van der Waals surface area contributed by atoms with Crippen molar-refractivity contribution >= 4 is 18.4 Å². The summed E-state index contributed by atoms with van der Waals surface area (Å²) in [6.45, 7) is 5.47. The maximum absolute atomic E-state index is 10.7. The fraction of sp³-hybridized carbons (Fsp3) is 0.533. The van der Waals surface area contributed by atoms with E-state index in [9.17, 15) is 4.79 Å². The summed E-state index contributed by atoms with van der Waals surface area (Å²) in [4.78, 5) is 10.7. The van der Waals surface area contributed by atoms with Crippen LogP contribution in [0.1, 0.15) is 42.1 Å². The van der Waals surface area contributed by atoms with Crippen molar-refractivity contribution < 1.29 is 14.6 Å². The van der Waals surface area contributed by atoms with Crippen LogP contribution in [0.2, 0.25) is 0 Å². The number of halogens is 1. The van der Waals surface area contributed by atoms with Crippen LogP contribution in [0.15, 0.2) is 24.3 Å². The number of rotatable bonds is 10. The molecule has 5 heteroatoms. The van der Waals surface area contributed by atoms with Gasteiger partial charge in [-0.1, -0.05) is 25.5 Å². The van der Waals surface area contributed by atoms with Gasteiger partial charge in [0, 0.05) is 19.8 Å². The molecule has 0 heterocycles. The lowest BCUT2D eigenvalue weighted by atomic mass is 10.1. The summed E-state index contributed by atoms with van der Waals surface area (Å²) in [6, 6.07) is 6.95. The minimum absolute atomic E-state index is 0. The van der Waals surface area contributed by atoms with Crippen molar-refractivity contribution in [1.82, 2.24) is 5.32 Å². The third-order valence-corrected chi connectivity index (χ3v) is 2.81. The van der Waals surface area contributed by atoms with Gasteiger partial charge in [-0.3, -0.25) is 0 Å². The van der Waals surface area contributed by atoms with Gasteiger partial charge in [-0.25, -0.2) is 4.79 Å². The maximum Gasteiger partial charge on any atom is 0.335 e. The Kier molecular flexibility index (Phi) is 11.1. The molecule has 0 radical (unpaired) electrons. The molecule has 20 heavy (non-hydrogen) atoms. The van der Waals surface area contributed by atoms with Crippen LogP contribution in [0, 0.1) is 0 Å². The van der Waals surface area contributed by atoms with E-state index in [2.05, 4.69) is 12.2 Å². The van der Waals surface area contributed by atoms with Crippen LogP contribution in [0.5, 0.6) is 0 Å². The quantitative estimate of drug-likeness (QED) is 0.652. The number of nitrogens with one attached hydrogen (secondary N) is 1. The van der Waals surface area contributed by atoms with Gasteiger partial charge >= 0.3 is 5.97 Å². The lowest BCUT2D eigenvalue weighted by Crippen LogP contribution is -2.16. The molecule has 0 unspecified atom stereocenters. The first-order chi connectivity index (χ1) is 9.24. The summed E-state index contributed by atoms with van der Waals surface area (Å²) in [5, 5.41) is 12.1. The molecule has 0 bridgehead atoms. The van der Waals surface area contributed by atoms with E-state index in [0.717, 1.165) is 44.7 Å². The Balaban J connectivity index is 0.00000361. The first kappa shape index (κ1) is 18.9. The van der Waals surface area contributed by atoms with Gasteiger partial charge in [-0.05, 0) is 37.1 Å². The molecule has 0 spiro atoms. The molecule has 114 valence electrons. The molecule has 0 saturated carbocycles. The van der Waals surface area contributed by atoms with Gasteiger partial charge in [0.15, 0.2) is 0 Å². The largest absolute Gasteiger partial charge is 0.478 e. The van der Waals surface area contributed by atoms with Crippen LogP contribution in [-0.2, 0) is 11.3 Å². The number of benzene rings is 1. The second-order valence-electron chi connectivity index (χ2n) is 4.50. The third-order valence-electron chi connectivity index (χ3n) is 2.81. The summed E-state index contributed by atoms with van der Waals surface area (Å²) in [7, 11) is 0. The van der Waals surface area contributed by atoms with Gasteiger partial charge in [0.1, 0.15) is 0 Å². The van der Waals surface area contributed by atoms with Gasteiger partial charge < -0.3 is 15.2 Å². The highest BCUT2D eigenvalue weighted by Gasteiger charge is 2.01. The zero-order valence-corrected chi connectivity index (χ0v) is 12.7. The van der Waals surface area contributed by atoms with Crippen LogP contribution < -0.4 is 5.32 Å². The molecule has 0 amide bonds. The first-order valence-electron chi connectivity index (χ1n) is 6.84. The fourth-order valence-electron chi connectivity index (χ4n) is 1.65. The smallest absolute Gasteiger partial charge is 0.335 e. The Labute approximate surface area is 126 Å². The molecule has 1 aromatic rings. The molecule has 0 aliphatic carbocycles. The Morgan fingerprint density at radius 1 is 1.20 bits per heavy atom. The first-order valence-corrected chi connectivity index (χ1v) is 6.84. The summed E-state index contributed by atoms with van der Waals surface area (Å²) in [5.41, 5.74) is 1.42. The second kappa shape index (κ2) is 11.7. The molecule has 0 aliphatic rings. The average molecular weight is 302 g/mol. The topological polar surface area (TPSA) is 58.6 Å². The summed E-state index contributed by atoms with van der Waals surface area (Å²) in [6.07, 6.45) is 3.30. The number of hydrogen-bond donors (Lipinski definition) is 2. The fourth-order valence-corrected chi connectivity index (χ4v) is 1.65. The summed E-state index contributed by atoms with van der Waals surface area (Å²) < 4.78 is 5.46. The van der Waals surface area contributed by atoms with Crippen molar-refractivity contribution in [3.8, 4) is 0 Å². The highest BCUT2D eigenvalue weighted by Crippen LogP contribution is 2.04. The molecular weight excluding hydrogens is 278 g/mol. The van der Waals surface area contributed by atoms with E-state index in [-0.39, 0.29) is 12.4 Å². The highest BCUT2D eigenvalue weighted by molar-refractivity contribution is 5.87. The zero-order chi connectivity index (χ0) is 13.9. The van der Waals surface area contributed by atoms with Crippen molar-refractivity contribution in [3.63, 3.8) is 0 Å². The van der Waals surface area contributed by atoms with Gasteiger partial charge in [0.05, 0.1) is 5.56 Å². The standard InChI is InChI=1S/C15H23NO3.ClH/c1-2-3-10-19-11-4-9-16-12-13-5-7-14(8-6-13)15(17)18;/h5-8,16H,2-4,9-12H2,1H3,(H,17,18);1H. The van der Waals surface area contributed by atoms with E-state index in [1.165, 1.54) is 6.42 Å². The average Bonchev–Trinajstić information content (AvgIpc) is 2.42. The Morgan fingerprint density at radius 2 is 1.85 bits per heavy atom. The minimum Gasteiger partial charge on any atom is -0.478 e.